The molecule has 1 aliphatic heterocycles. The van der Waals surface area contributed by atoms with Gasteiger partial charge in [-0.2, -0.15) is 0 Å². The van der Waals surface area contributed by atoms with Crippen molar-refractivity contribution in [3.8, 4) is 5.75 Å². The summed E-state index contributed by atoms with van der Waals surface area (Å²) in [5, 5.41) is 12.8. The number of hydrogen-bond acceptors (Lipinski definition) is 5. The molecule has 3 rings (SSSR count). The number of phenolic OH excluding ortho intramolecular Hbond substituents is 1. The molecule has 0 aliphatic carbocycles. The number of carbonyl (C=O) groups is 1. The highest BCUT2D eigenvalue weighted by Crippen LogP contribution is 2.45. The van der Waals surface area contributed by atoms with E-state index < -0.39 is 17.1 Å². The summed E-state index contributed by atoms with van der Waals surface area (Å²) in [7, 11) is 0. The number of nitrogens with one attached hydrogen (secondary N) is 1. The zero-order valence-corrected chi connectivity index (χ0v) is 13.9. The van der Waals surface area contributed by atoms with Crippen molar-refractivity contribution < 1.29 is 14.5 Å². The molecule has 0 saturated heterocycles. The van der Waals surface area contributed by atoms with Gasteiger partial charge in [0.15, 0.2) is 5.13 Å². The van der Waals surface area contributed by atoms with Gasteiger partial charge in [0.05, 0.1) is 11.0 Å². The number of aromatic nitrogens is 1. The van der Waals surface area contributed by atoms with Gasteiger partial charge in [0.2, 0.25) is 4.21 Å². The van der Waals surface area contributed by atoms with Crippen molar-refractivity contribution >= 4 is 33.6 Å². The summed E-state index contributed by atoms with van der Waals surface area (Å²) in [6.45, 7) is 4.09. The van der Waals surface area contributed by atoms with Crippen molar-refractivity contribution in [3.63, 3.8) is 0 Å². The van der Waals surface area contributed by atoms with E-state index in [1.54, 1.807) is 18.2 Å². The number of anilines is 1. The maximum atomic E-state index is 12.2. The van der Waals surface area contributed by atoms with Gasteiger partial charge in [0.1, 0.15) is 17.2 Å². The molecule has 1 aromatic carbocycles. The molecule has 22 heavy (non-hydrogen) atoms. The Balaban J connectivity index is 1.87. The first-order valence-electron chi connectivity index (χ1n) is 6.93. The predicted molar refractivity (Wildman–Crippen MR) is 87.1 cm³/mol. The molecule has 0 bridgehead atoms. The minimum absolute atomic E-state index is 0.0777. The number of amides is 1. The lowest BCUT2D eigenvalue weighted by Gasteiger charge is -2.17. The Morgan fingerprint density at radius 1 is 1.55 bits per heavy atom. The Kier molecular flexibility index (Phi) is 3.88. The first-order chi connectivity index (χ1) is 10.4. The van der Waals surface area contributed by atoms with Crippen molar-refractivity contribution in [1.82, 2.24) is 4.98 Å². The zero-order valence-electron chi connectivity index (χ0n) is 12.3. The van der Waals surface area contributed by atoms with Crippen molar-refractivity contribution in [2.75, 3.05) is 11.1 Å². The number of benzene rings is 1. The summed E-state index contributed by atoms with van der Waals surface area (Å²) in [6, 6.07) is 6.33. The molecule has 2 atom stereocenters. The molecule has 0 spiro atoms. The van der Waals surface area contributed by atoms with Gasteiger partial charge in [-0.05, 0) is 48.0 Å². The molecule has 2 aromatic rings. The lowest BCUT2D eigenvalue weighted by Crippen LogP contribution is -2.24. The number of hydrogen-bond donors (Lipinski definition) is 2. The second-order valence-corrected chi connectivity index (χ2v) is 8.18. The van der Waals surface area contributed by atoms with Gasteiger partial charge in [-0.15, -0.1) is 0 Å². The quantitative estimate of drug-likeness (QED) is 0.844. The zero-order chi connectivity index (χ0) is 15.9. The Hall–Kier alpha value is -1.57. The lowest BCUT2D eigenvalue weighted by atomic mass is 9.87. The van der Waals surface area contributed by atoms with Crippen LogP contribution in [0.25, 0.3) is 0 Å². The van der Waals surface area contributed by atoms with Gasteiger partial charge >= 0.3 is 0 Å². The SMILES string of the molecule is CCC1(C)C[S+]([O-])c2sc(NC(=O)c3ccccc3O)nc21. The van der Waals surface area contributed by atoms with E-state index >= 15 is 0 Å². The van der Waals surface area contributed by atoms with Crippen molar-refractivity contribution in [2.24, 2.45) is 0 Å². The maximum Gasteiger partial charge on any atom is 0.261 e. The fraction of sp³-hybridized carbons (Fsp3) is 0.333. The third-order valence-electron chi connectivity index (χ3n) is 3.97. The third kappa shape index (κ3) is 2.49. The van der Waals surface area contributed by atoms with E-state index in [0.717, 1.165) is 16.3 Å². The van der Waals surface area contributed by atoms with Gasteiger partial charge < -0.3 is 9.66 Å². The number of carbonyl (C=O) groups excluding carboxylic acids is 1. The van der Waals surface area contributed by atoms with E-state index in [-0.39, 0.29) is 16.7 Å². The van der Waals surface area contributed by atoms with E-state index in [1.807, 2.05) is 13.8 Å². The molecule has 1 amide bonds. The van der Waals surface area contributed by atoms with Crippen molar-refractivity contribution in [3.05, 3.63) is 35.5 Å². The molecule has 116 valence electrons. The molecule has 2 heterocycles. The van der Waals surface area contributed by atoms with Crippen LogP contribution in [0.15, 0.2) is 28.5 Å². The number of thiazole rings is 1. The molecule has 2 N–H and O–H groups in total. The van der Waals surface area contributed by atoms with E-state index in [2.05, 4.69) is 10.3 Å². The average Bonchev–Trinajstić information content (AvgIpc) is 3.00. The summed E-state index contributed by atoms with van der Waals surface area (Å²) in [6.07, 6.45) is 0.850. The molecule has 0 radical (unpaired) electrons. The van der Waals surface area contributed by atoms with Crippen LogP contribution in [0, 0.1) is 0 Å². The first kappa shape index (κ1) is 15.3. The molecule has 5 nitrogen and oxygen atoms in total. The summed E-state index contributed by atoms with van der Waals surface area (Å²) in [5.74, 6) is 0.0892. The number of phenols is 1. The molecular weight excluding hydrogens is 320 g/mol. The van der Waals surface area contributed by atoms with E-state index in [0.29, 0.717) is 10.9 Å². The summed E-state index contributed by atoms with van der Waals surface area (Å²) < 4.78 is 12.9. The van der Waals surface area contributed by atoms with Crippen LogP contribution in [0.1, 0.15) is 36.3 Å². The number of para-hydroxylation sites is 1. The number of rotatable bonds is 3. The smallest absolute Gasteiger partial charge is 0.261 e. The van der Waals surface area contributed by atoms with Crippen LogP contribution in [0.3, 0.4) is 0 Å². The van der Waals surface area contributed by atoms with Crippen LogP contribution < -0.4 is 5.32 Å². The lowest BCUT2D eigenvalue weighted by molar-refractivity contribution is 0.102. The van der Waals surface area contributed by atoms with Crippen molar-refractivity contribution in [2.45, 2.75) is 29.9 Å². The molecule has 0 fully saturated rings. The fourth-order valence-electron chi connectivity index (χ4n) is 2.42. The van der Waals surface area contributed by atoms with Gasteiger partial charge in [-0.3, -0.25) is 10.1 Å². The molecule has 7 heteroatoms. The van der Waals surface area contributed by atoms with Gasteiger partial charge in [0, 0.05) is 0 Å². The number of fused-ring (bicyclic) bond motifs is 1. The minimum Gasteiger partial charge on any atom is -0.611 e. The van der Waals surface area contributed by atoms with Gasteiger partial charge in [-0.25, -0.2) is 4.98 Å². The van der Waals surface area contributed by atoms with Crippen molar-refractivity contribution in [1.29, 1.82) is 0 Å². The average molecular weight is 336 g/mol. The topological polar surface area (TPSA) is 85.3 Å². The van der Waals surface area contributed by atoms with E-state index in [4.69, 9.17) is 0 Å². The van der Waals surface area contributed by atoms with E-state index in [1.165, 1.54) is 17.4 Å². The monoisotopic (exact) mass is 336 g/mol. The molecular formula is C15H16N2O3S2. The highest BCUT2D eigenvalue weighted by atomic mass is 32.2. The maximum absolute atomic E-state index is 12.2. The second kappa shape index (κ2) is 5.57. The van der Waals surface area contributed by atoms with Crippen LogP contribution in [0.5, 0.6) is 5.75 Å². The Labute approximate surface area is 135 Å². The summed E-state index contributed by atoms with van der Waals surface area (Å²) in [4.78, 5) is 16.7. The van der Waals surface area contributed by atoms with Gasteiger partial charge in [-0.1, -0.05) is 19.1 Å². The Morgan fingerprint density at radius 3 is 2.95 bits per heavy atom. The summed E-state index contributed by atoms with van der Waals surface area (Å²) >= 11 is 0.197. The summed E-state index contributed by atoms with van der Waals surface area (Å²) in [5.41, 5.74) is 0.817. The van der Waals surface area contributed by atoms with E-state index in [9.17, 15) is 14.5 Å². The fourth-order valence-corrected chi connectivity index (χ4v) is 5.61. The van der Waals surface area contributed by atoms with Gasteiger partial charge in [0.25, 0.3) is 5.91 Å². The predicted octanol–water partition coefficient (Wildman–Crippen LogP) is 2.89. The molecule has 1 aromatic heterocycles. The van der Waals surface area contributed by atoms with Crippen LogP contribution in [-0.2, 0) is 16.6 Å². The van der Waals surface area contributed by atoms with Crippen LogP contribution >= 0.6 is 11.3 Å². The highest BCUT2D eigenvalue weighted by Gasteiger charge is 2.46. The Morgan fingerprint density at radius 2 is 2.27 bits per heavy atom. The van der Waals surface area contributed by atoms with Crippen LogP contribution in [-0.4, -0.2) is 26.3 Å². The third-order valence-corrected chi connectivity index (χ3v) is 7.05. The normalized spacial score (nSPS) is 23.3. The highest BCUT2D eigenvalue weighted by molar-refractivity contribution is 7.94. The second-order valence-electron chi connectivity index (χ2n) is 5.53. The van der Waals surface area contributed by atoms with Crippen LogP contribution in [0.2, 0.25) is 0 Å². The number of aromatic hydroxyl groups is 1. The Bertz CT molecular complexity index is 731. The molecule has 1 aliphatic rings. The minimum atomic E-state index is -1.05. The van der Waals surface area contributed by atoms with Crippen LogP contribution in [0.4, 0.5) is 5.13 Å². The molecule has 0 saturated carbocycles. The standard InChI is InChI=1S/C15H16N2O3S2/c1-3-15(2)8-22(20)13-11(15)16-14(21-13)17-12(19)9-6-4-5-7-10(9)18/h4-7,18H,3,8H2,1-2H3,(H,16,17,19). The first-order valence-corrected chi connectivity index (χ1v) is 9.07. The largest absolute Gasteiger partial charge is 0.611 e. The molecule has 2 unspecified atom stereocenters. The number of nitrogens with zero attached hydrogens (tertiary/aromatic N) is 1.